The molecule has 0 radical (unpaired) electrons. The molecule has 0 unspecified atom stereocenters. The third kappa shape index (κ3) is 2.81. The fourth-order valence-corrected chi connectivity index (χ4v) is 3.55. The molecule has 1 amide bonds. The summed E-state index contributed by atoms with van der Waals surface area (Å²) in [6.07, 6.45) is 5.29. The van der Waals surface area contributed by atoms with Gasteiger partial charge in [-0.25, -0.2) is 0 Å². The average Bonchev–Trinajstić information content (AvgIpc) is 2.88. The van der Waals surface area contributed by atoms with E-state index in [9.17, 15) is 4.79 Å². The summed E-state index contributed by atoms with van der Waals surface area (Å²) < 4.78 is 1.17. The number of aryl methyl sites for hydroxylation is 1. The van der Waals surface area contributed by atoms with Crippen molar-refractivity contribution in [3.8, 4) is 0 Å². The van der Waals surface area contributed by atoms with Gasteiger partial charge in [0.2, 0.25) is 0 Å². The van der Waals surface area contributed by atoms with Crippen molar-refractivity contribution in [1.82, 2.24) is 4.98 Å². The van der Waals surface area contributed by atoms with Crippen LogP contribution in [0.5, 0.6) is 0 Å². The summed E-state index contributed by atoms with van der Waals surface area (Å²) in [7, 11) is 0. The predicted molar refractivity (Wildman–Crippen MR) is 88.0 cm³/mol. The number of rotatable bonds is 4. The molecule has 0 bridgehead atoms. The van der Waals surface area contributed by atoms with Crippen LogP contribution in [0.1, 0.15) is 28.6 Å². The van der Waals surface area contributed by atoms with Crippen molar-refractivity contribution < 1.29 is 4.79 Å². The first kappa shape index (κ1) is 13.8. The number of carbonyl (C=O) groups is 1. The van der Waals surface area contributed by atoms with E-state index in [0.29, 0.717) is 0 Å². The Labute approximate surface area is 127 Å². The van der Waals surface area contributed by atoms with Crippen LogP contribution in [0.4, 0.5) is 5.69 Å². The lowest BCUT2D eigenvalue weighted by Crippen LogP contribution is -2.12. The molecule has 2 heterocycles. The number of anilines is 1. The van der Waals surface area contributed by atoms with Crippen LogP contribution >= 0.6 is 11.3 Å². The van der Waals surface area contributed by atoms with Gasteiger partial charge in [0.25, 0.3) is 5.91 Å². The molecule has 0 aliphatic heterocycles. The summed E-state index contributed by atoms with van der Waals surface area (Å²) in [4.78, 5) is 17.3. The highest BCUT2D eigenvalue weighted by Gasteiger charge is 2.17. The van der Waals surface area contributed by atoms with Gasteiger partial charge in [-0.1, -0.05) is 31.5 Å². The first-order valence-electron chi connectivity index (χ1n) is 7.01. The van der Waals surface area contributed by atoms with Crippen LogP contribution in [0.15, 0.2) is 48.8 Å². The van der Waals surface area contributed by atoms with E-state index < -0.39 is 0 Å². The standard InChI is InChI=1S/C17H16N2OS/c1-2-5-14-13-6-3-4-7-15(13)21-16(14)17(20)19-12-8-10-18-11-9-12/h3-4,6-11H,2,5H2,1H3,(H,18,19,20). The van der Waals surface area contributed by atoms with Crippen LogP contribution in [0.2, 0.25) is 0 Å². The van der Waals surface area contributed by atoms with E-state index in [1.807, 2.05) is 12.1 Å². The predicted octanol–water partition coefficient (Wildman–Crippen LogP) is 4.50. The lowest BCUT2D eigenvalue weighted by atomic mass is 10.1. The zero-order valence-corrected chi connectivity index (χ0v) is 12.6. The highest BCUT2D eigenvalue weighted by atomic mass is 32.1. The molecule has 2 aromatic heterocycles. The van der Waals surface area contributed by atoms with Crippen LogP contribution in [-0.4, -0.2) is 10.9 Å². The minimum absolute atomic E-state index is 0.0363. The van der Waals surface area contributed by atoms with Crippen molar-refractivity contribution in [1.29, 1.82) is 0 Å². The molecular formula is C17H16N2OS. The number of amides is 1. The summed E-state index contributed by atoms with van der Waals surface area (Å²) in [5.41, 5.74) is 1.93. The summed E-state index contributed by atoms with van der Waals surface area (Å²) in [5, 5.41) is 4.15. The topological polar surface area (TPSA) is 42.0 Å². The van der Waals surface area contributed by atoms with Crippen LogP contribution in [-0.2, 0) is 6.42 Å². The lowest BCUT2D eigenvalue weighted by Gasteiger charge is -2.05. The number of benzene rings is 1. The number of nitrogens with zero attached hydrogens (tertiary/aromatic N) is 1. The van der Waals surface area contributed by atoms with Gasteiger partial charge in [0.15, 0.2) is 0 Å². The van der Waals surface area contributed by atoms with Gasteiger partial charge in [-0.3, -0.25) is 9.78 Å². The van der Waals surface area contributed by atoms with E-state index >= 15 is 0 Å². The molecule has 4 heteroatoms. The van der Waals surface area contributed by atoms with Gasteiger partial charge in [0.1, 0.15) is 0 Å². The number of aromatic nitrogens is 1. The Balaban J connectivity index is 1.99. The first-order valence-corrected chi connectivity index (χ1v) is 7.83. The molecule has 0 atom stereocenters. The molecule has 106 valence electrons. The van der Waals surface area contributed by atoms with Crippen molar-refractivity contribution in [3.05, 3.63) is 59.2 Å². The third-order valence-corrected chi connectivity index (χ3v) is 4.55. The minimum atomic E-state index is -0.0363. The number of pyridine rings is 1. The van der Waals surface area contributed by atoms with Crippen molar-refractivity contribution >= 4 is 33.0 Å². The quantitative estimate of drug-likeness (QED) is 0.770. The largest absolute Gasteiger partial charge is 0.321 e. The zero-order chi connectivity index (χ0) is 14.7. The molecule has 21 heavy (non-hydrogen) atoms. The molecule has 0 spiro atoms. The monoisotopic (exact) mass is 296 g/mol. The molecule has 1 aromatic carbocycles. The summed E-state index contributed by atoms with van der Waals surface area (Å²) in [6.45, 7) is 2.14. The fraction of sp³-hybridized carbons (Fsp3) is 0.176. The Kier molecular flexibility index (Phi) is 3.97. The zero-order valence-electron chi connectivity index (χ0n) is 11.8. The Morgan fingerprint density at radius 2 is 1.95 bits per heavy atom. The normalized spacial score (nSPS) is 10.7. The van der Waals surface area contributed by atoms with Crippen molar-refractivity contribution in [3.63, 3.8) is 0 Å². The van der Waals surface area contributed by atoms with E-state index in [2.05, 4.69) is 29.4 Å². The van der Waals surface area contributed by atoms with Crippen molar-refractivity contribution in [2.45, 2.75) is 19.8 Å². The maximum atomic E-state index is 12.6. The molecule has 0 aliphatic carbocycles. The Morgan fingerprint density at radius 1 is 1.19 bits per heavy atom. The van der Waals surface area contributed by atoms with E-state index in [4.69, 9.17) is 0 Å². The molecule has 0 saturated carbocycles. The van der Waals surface area contributed by atoms with Gasteiger partial charge in [0, 0.05) is 22.8 Å². The Hall–Kier alpha value is -2.20. The van der Waals surface area contributed by atoms with Gasteiger partial charge < -0.3 is 5.32 Å². The smallest absolute Gasteiger partial charge is 0.266 e. The maximum Gasteiger partial charge on any atom is 0.266 e. The minimum Gasteiger partial charge on any atom is -0.321 e. The second kappa shape index (κ2) is 6.06. The highest BCUT2D eigenvalue weighted by Crippen LogP contribution is 2.32. The molecular weight excluding hydrogens is 280 g/mol. The fourth-order valence-electron chi connectivity index (χ4n) is 2.40. The molecule has 0 aliphatic rings. The first-order chi connectivity index (χ1) is 10.3. The molecule has 3 rings (SSSR count). The summed E-state index contributed by atoms with van der Waals surface area (Å²) in [6, 6.07) is 11.8. The molecule has 3 nitrogen and oxygen atoms in total. The molecule has 0 saturated heterocycles. The van der Waals surface area contributed by atoms with Crippen molar-refractivity contribution in [2.75, 3.05) is 5.32 Å². The number of thiophene rings is 1. The van der Waals surface area contributed by atoms with E-state index in [0.717, 1.165) is 29.0 Å². The number of nitrogens with one attached hydrogen (secondary N) is 1. The summed E-state index contributed by atoms with van der Waals surface area (Å²) in [5.74, 6) is -0.0363. The third-order valence-electron chi connectivity index (χ3n) is 3.34. The van der Waals surface area contributed by atoms with Crippen LogP contribution < -0.4 is 5.32 Å². The van der Waals surface area contributed by atoms with Gasteiger partial charge in [-0.15, -0.1) is 11.3 Å². The Morgan fingerprint density at radius 3 is 2.71 bits per heavy atom. The number of hydrogen-bond donors (Lipinski definition) is 1. The van der Waals surface area contributed by atoms with Crippen LogP contribution in [0.25, 0.3) is 10.1 Å². The number of carbonyl (C=O) groups excluding carboxylic acids is 1. The number of hydrogen-bond acceptors (Lipinski definition) is 3. The van der Waals surface area contributed by atoms with Gasteiger partial charge in [-0.05, 0) is 35.6 Å². The number of fused-ring (bicyclic) bond motifs is 1. The Bertz CT molecular complexity index is 765. The lowest BCUT2D eigenvalue weighted by molar-refractivity contribution is 0.103. The van der Waals surface area contributed by atoms with Crippen LogP contribution in [0.3, 0.4) is 0 Å². The van der Waals surface area contributed by atoms with Gasteiger partial charge in [-0.2, -0.15) is 0 Å². The highest BCUT2D eigenvalue weighted by molar-refractivity contribution is 7.21. The van der Waals surface area contributed by atoms with E-state index in [-0.39, 0.29) is 5.91 Å². The molecule has 1 N–H and O–H groups in total. The second-order valence-corrected chi connectivity index (χ2v) is 5.90. The average molecular weight is 296 g/mol. The van der Waals surface area contributed by atoms with Crippen molar-refractivity contribution in [2.24, 2.45) is 0 Å². The van der Waals surface area contributed by atoms with Gasteiger partial charge in [0.05, 0.1) is 4.88 Å². The van der Waals surface area contributed by atoms with E-state index in [1.165, 1.54) is 10.1 Å². The maximum absolute atomic E-state index is 12.6. The SMILES string of the molecule is CCCc1c(C(=O)Nc2ccncc2)sc2ccccc12. The van der Waals surface area contributed by atoms with Crippen LogP contribution in [0, 0.1) is 0 Å². The molecule has 0 fully saturated rings. The summed E-state index contributed by atoms with van der Waals surface area (Å²) >= 11 is 1.56. The van der Waals surface area contributed by atoms with E-state index in [1.54, 1.807) is 35.9 Å². The van der Waals surface area contributed by atoms with Gasteiger partial charge >= 0.3 is 0 Å². The molecule has 3 aromatic rings. The second-order valence-electron chi connectivity index (χ2n) is 4.85.